The van der Waals surface area contributed by atoms with E-state index in [-0.39, 0.29) is 69.1 Å². The van der Waals surface area contributed by atoms with Crippen LogP contribution in [0.4, 0.5) is 0 Å². The Balaban J connectivity index is -0.00000000895. The Labute approximate surface area is 214 Å². The first-order valence-electron chi connectivity index (χ1n) is 5.79. The fourth-order valence-corrected chi connectivity index (χ4v) is 0. The Hall–Kier alpha value is -2.30. The molecule has 0 aromatic rings. The largest absolute Gasteiger partial charge is 4.00 e. The van der Waals surface area contributed by atoms with Gasteiger partial charge in [-0.2, -0.15) is 42.1 Å². The third kappa shape index (κ3) is 2740. The van der Waals surface area contributed by atoms with Crippen LogP contribution < -0.4 is 49.6 Å². The topological polar surface area (TPSA) is 190 Å². The number of nitriles is 8. The molecule has 29 heavy (non-hydrogen) atoms. The summed E-state index contributed by atoms with van der Waals surface area (Å²) in [6, 6.07) is 14.0. The molecule has 0 aromatic heterocycles. The second kappa shape index (κ2) is 482. The van der Waals surface area contributed by atoms with Crippen molar-refractivity contribution in [1.82, 2.24) is 0 Å². The van der Waals surface area contributed by atoms with Crippen LogP contribution in [0.25, 0.3) is 0 Å². The Kier molecular flexibility index (Phi) is 1560. The molecule has 0 unspecified atom stereocenters. The summed E-state index contributed by atoms with van der Waals surface area (Å²) in [5, 5.41) is 58.6. The molecule has 0 radical (unpaired) electrons. The zero-order chi connectivity index (χ0) is 21.7. The van der Waals surface area contributed by atoms with Crippen LogP contribution in [0.2, 0.25) is 0 Å². The molecule has 0 aliphatic carbocycles. The van der Waals surface area contributed by atoms with Gasteiger partial charge in [0.05, 0.1) is 48.6 Å². The molecular formula is C16H24Cl4N8Ru. The van der Waals surface area contributed by atoms with Crippen LogP contribution in [0.15, 0.2) is 0 Å². The van der Waals surface area contributed by atoms with Gasteiger partial charge >= 0.3 is 19.5 Å². The van der Waals surface area contributed by atoms with Crippen molar-refractivity contribution in [2.45, 2.75) is 55.4 Å². The molecule has 0 fully saturated rings. The number of hydrogen-bond donors (Lipinski definition) is 0. The van der Waals surface area contributed by atoms with Crippen LogP contribution in [-0.2, 0) is 19.5 Å². The Morgan fingerprint density at radius 1 is 0.276 bits per heavy atom. The van der Waals surface area contributed by atoms with E-state index >= 15 is 0 Å². The summed E-state index contributed by atoms with van der Waals surface area (Å²) in [5.41, 5.74) is 0. The summed E-state index contributed by atoms with van der Waals surface area (Å²) in [7, 11) is 0. The van der Waals surface area contributed by atoms with Crippen LogP contribution >= 0.6 is 0 Å². The maximum absolute atomic E-state index is 7.32. The standard InChI is InChI=1S/8C2H3N.4ClH.Ru/c8*1-2-3;;;;;/h8*1H3;4*1H;/q;;;;;;;;;;;;+4/p-4. The van der Waals surface area contributed by atoms with Gasteiger partial charge in [-0.3, -0.25) is 0 Å². The molecule has 8 nitrogen and oxygen atoms in total. The summed E-state index contributed by atoms with van der Waals surface area (Å²) in [6.45, 7) is 11.4. The van der Waals surface area contributed by atoms with E-state index in [1.165, 1.54) is 55.4 Å². The van der Waals surface area contributed by atoms with Gasteiger partial charge in [0.1, 0.15) is 0 Å². The predicted molar refractivity (Wildman–Crippen MR) is 90.3 cm³/mol. The maximum atomic E-state index is 7.32. The molecule has 0 saturated heterocycles. The van der Waals surface area contributed by atoms with Gasteiger partial charge in [0, 0.05) is 55.4 Å². The van der Waals surface area contributed by atoms with E-state index in [4.69, 9.17) is 42.1 Å². The summed E-state index contributed by atoms with van der Waals surface area (Å²) in [6.07, 6.45) is 0. The molecule has 0 spiro atoms. The zero-order valence-electron chi connectivity index (χ0n) is 17.4. The molecule has 0 atom stereocenters. The number of rotatable bonds is 0. The maximum Gasteiger partial charge on any atom is 4.00 e. The summed E-state index contributed by atoms with van der Waals surface area (Å²) >= 11 is 0. The minimum absolute atomic E-state index is 0. The number of hydrogen-bond acceptors (Lipinski definition) is 8. The van der Waals surface area contributed by atoms with Crippen LogP contribution in [0, 0.1) is 90.6 Å². The summed E-state index contributed by atoms with van der Waals surface area (Å²) in [4.78, 5) is 0. The average molecular weight is 571 g/mol. The van der Waals surface area contributed by atoms with E-state index in [9.17, 15) is 0 Å². The van der Waals surface area contributed by atoms with Crippen molar-refractivity contribution in [3.63, 3.8) is 0 Å². The van der Waals surface area contributed by atoms with Crippen LogP contribution in [-0.4, -0.2) is 0 Å². The smallest absolute Gasteiger partial charge is 1.00 e. The third-order valence-electron chi connectivity index (χ3n) is 0. The van der Waals surface area contributed by atoms with Gasteiger partial charge in [0.2, 0.25) is 0 Å². The van der Waals surface area contributed by atoms with Gasteiger partial charge in [-0.25, -0.2) is 0 Å². The minimum atomic E-state index is 0. The van der Waals surface area contributed by atoms with Gasteiger partial charge in [0.25, 0.3) is 0 Å². The van der Waals surface area contributed by atoms with Gasteiger partial charge in [-0.1, -0.05) is 0 Å². The number of halogens is 4. The van der Waals surface area contributed by atoms with Crippen molar-refractivity contribution in [2.75, 3.05) is 0 Å². The van der Waals surface area contributed by atoms with Crippen molar-refractivity contribution < 1.29 is 69.1 Å². The van der Waals surface area contributed by atoms with E-state index in [1.54, 1.807) is 48.6 Å². The summed E-state index contributed by atoms with van der Waals surface area (Å²) in [5.74, 6) is 0. The molecule has 0 bridgehead atoms. The first-order valence-corrected chi connectivity index (χ1v) is 5.79. The molecule has 0 aliphatic heterocycles. The number of nitrogens with zero attached hydrogens (tertiary/aromatic N) is 8. The van der Waals surface area contributed by atoms with E-state index in [2.05, 4.69) is 0 Å². The van der Waals surface area contributed by atoms with Gasteiger partial charge in [-0.05, 0) is 0 Å². The fourth-order valence-electron chi connectivity index (χ4n) is 0. The SMILES string of the molecule is CC#N.CC#N.CC#N.CC#N.CC#N.CC#N.CC#N.CC#N.[Cl-].[Cl-].[Cl-].[Cl-].[Ru+4]. The van der Waals surface area contributed by atoms with Gasteiger partial charge in [-0.15, -0.1) is 0 Å². The van der Waals surface area contributed by atoms with Crippen molar-refractivity contribution >= 4 is 0 Å². The first kappa shape index (κ1) is 93.9. The molecule has 0 aromatic carbocycles. The normalized spacial score (nSPS) is 2.21. The van der Waals surface area contributed by atoms with Crippen LogP contribution in [0.3, 0.4) is 0 Å². The Morgan fingerprint density at radius 3 is 0.276 bits per heavy atom. The molecule has 0 rings (SSSR count). The molecule has 0 N–H and O–H groups in total. The molecule has 0 amide bonds. The fraction of sp³-hybridized carbons (Fsp3) is 0.500. The van der Waals surface area contributed by atoms with E-state index < -0.39 is 0 Å². The van der Waals surface area contributed by atoms with Crippen molar-refractivity contribution in [2.24, 2.45) is 0 Å². The first-order chi connectivity index (χ1) is 11.3. The van der Waals surface area contributed by atoms with Crippen LogP contribution in [0.5, 0.6) is 0 Å². The van der Waals surface area contributed by atoms with Crippen LogP contribution in [0.1, 0.15) is 55.4 Å². The quantitative estimate of drug-likeness (QED) is 0.256. The van der Waals surface area contributed by atoms with E-state index in [0.717, 1.165) is 0 Å². The summed E-state index contributed by atoms with van der Waals surface area (Å²) < 4.78 is 0. The zero-order valence-corrected chi connectivity index (χ0v) is 22.2. The van der Waals surface area contributed by atoms with Gasteiger partial charge < -0.3 is 49.6 Å². The second-order valence-corrected chi connectivity index (χ2v) is 1.79. The minimum Gasteiger partial charge on any atom is -1.00 e. The Bertz CT molecular complexity index is 361. The molecule has 0 aliphatic rings. The predicted octanol–water partition coefficient (Wildman–Crippen LogP) is -7.75. The van der Waals surface area contributed by atoms with Crippen molar-refractivity contribution in [1.29, 1.82) is 42.1 Å². The van der Waals surface area contributed by atoms with E-state index in [1.807, 2.05) is 0 Å². The van der Waals surface area contributed by atoms with E-state index in [0.29, 0.717) is 0 Å². The van der Waals surface area contributed by atoms with Crippen molar-refractivity contribution in [3.05, 3.63) is 0 Å². The van der Waals surface area contributed by atoms with Gasteiger partial charge in [0.15, 0.2) is 0 Å². The third-order valence-corrected chi connectivity index (χ3v) is 0. The molecule has 0 heterocycles. The van der Waals surface area contributed by atoms with Crippen molar-refractivity contribution in [3.8, 4) is 48.6 Å². The average Bonchev–Trinajstić information content (AvgIpc) is 2.45. The second-order valence-electron chi connectivity index (χ2n) is 1.79. The molecule has 164 valence electrons. The Morgan fingerprint density at radius 2 is 0.276 bits per heavy atom. The molecule has 13 heteroatoms. The molecular weight excluding hydrogens is 547 g/mol. The monoisotopic (exact) mass is 570 g/mol. The molecule has 0 saturated carbocycles.